The maximum absolute atomic E-state index is 5.52. The largest absolute Gasteiger partial charge is 0.444 e. The molecule has 0 saturated carbocycles. The zero-order valence-corrected chi connectivity index (χ0v) is 17.0. The predicted octanol–water partition coefficient (Wildman–Crippen LogP) is 2.32. The maximum atomic E-state index is 5.52. The van der Waals surface area contributed by atoms with Gasteiger partial charge in [0.2, 0.25) is 11.8 Å². The quantitative estimate of drug-likeness (QED) is 0.397. The van der Waals surface area contributed by atoms with Crippen LogP contribution in [-0.4, -0.2) is 34.7 Å². The lowest BCUT2D eigenvalue weighted by molar-refractivity contribution is 0.371. The normalized spacial score (nSPS) is 11.5. The Morgan fingerprint density at radius 3 is 2.46 bits per heavy atom. The van der Waals surface area contributed by atoms with Gasteiger partial charge in [0.15, 0.2) is 11.8 Å². The van der Waals surface area contributed by atoms with Crippen molar-refractivity contribution in [3.8, 4) is 0 Å². The van der Waals surface area contributed by atoms with E-state index in [9.17, 15) is 0 Å². The summed E-state index contributed by atoms with van der Waals surface area (Å²) in [5.74, 6) is 3.76. The lowest BCUT2D eigenvalue weighted by atomic mass is 10.2. The molecule has 0 aliphatic heterocycles. The summed E-state index contributed by atoms with van der Waals surface area (Å²) in [6.07, 6.45) is 0.637. The maximum Gasteiger partial charge on any atom is 0.228 e. The first-order valence-corrected chi connectivity index (χ1v) is 7.69. The smallest absolute Gasteiger partial charge is 0.228 e. The molecule has 2 aromatic heterocycles. The number of halogens is 1. The second-order valence-corrected chi connectivity index (χ2v) is 5.55. The molecule has 9 heteroatoms. The third kappa shape index (κ3) is 5.77. The van der Waals surface area contributed by atoms with Crippen molar-refractivity contribution < 1.29 is 8.94 Å². The van der Waals surface area contributed by atoms with Crippen molar-refractivity contribution >= 4 is 29.9 Å². The molecule has 0 radical (unpaired) electrons. The molecule has 2 heterocycles. The molecular weight excluding hydrogens is 423 g/mol. The summed E-state index contributed by atoms with van der Waals surface area (Å²) in [5.41, 5.74) is 0.905. The van der Waals surface area contributed by atoms with Gasteiger partial charge in [0.25, 0.3) is 0 Å². The van der Waals surface area contributed by atoms with Gasteiger partial charge in [-0.25, -0.2) is 4.98 Å². The molecule has 2 N–H and O–H groups in total. The lowest BCUT2D eigenvalue weighted by Gasteiger charge is -2.09. The Balaban J connectivity index is 0.00000288. The number of hydrogen-bond donors (Lipinski definition) is 2. The molecule has 0 aliphatic rings. The number of oxazole rings is 1. The summed E-state index contributed by atoms with van der Waals surface area (Å²) in [6.45, 7) is 9.00. The zero-order valence-electron chi connectivity index (χ0n) is 14.7. The van der Waals surface area contributed by atoms with Crippen LogP contribution < -0.4 is 10.6 Å². The summed E-state index contributed by atoms with van der Waals surface area (Å²) in [7, 11) is 1.71. The Hall–Kier alpha value is -1.65. The predicted molar refractivity (Wildman–Crippen MR) is 102 cm³/mol. The van der Waals surface area contributed by atoms with Gasteiger partial charge < -0.3 is 19.6 Å². The topological polar surface area (TPSA) is 101 Å². The number of nitrogens with zero attached hydrogens (tertiary/aromatic N) is 4. The third-order valence-electron chi connectivity index (χ3n) is 3.33. The fourth-order valence-corrected chi connectivity index (χ4v) is 1.89. The SMILES string of the molecule is CN=C(NCCc1nc(C(C)C)no1)NCc1nc(C)c(C)o1.I. The van der Waals surface area contributed by atoms with Crippen LogP contribution in [0.3, 0.4) is 0 Å². The molecule has 0 bridgehead atoms. The number of aromatic nitrogens is 3. The first-order valence-electron chi connectivity index (χ1n) is 7.69. The van der Waals surface area contributed by atoms with E-state index < -0.39 is 0 Å². The summed E-state index contributed by atoms with van der Waals surface area (Å²) >= 11 is 0. The molecule has 0 unspecified atom stereocenters. The van der Waals surface area contributed by atoms with Gasteiger partial charge in [-0.2, -0.15) is 4.98 Å². The fourth-order valence-electron chi connectivity index (χ4n) is 1.89. The average molecular weight is 448 g/mol. The van der Waals surface area contributed by atoms with Crippen molar-refractivity contribution in [2.75, 3.05) is 13.6 Å². The first kappa shape index (κ1) is 20.4. The van der Waals surface area contributed by atoms with Gasteiger partial charge in [-0.3, -0.25) is 4.99 Å². The Labute approximate surface area is 158 Å². The van der Waals surface area contributed by atoms with E-state index in [1.54, 1.807) is 7.05 Å². The number of aliphatic imine (C=N–C) groups is 1. The van der Waals surface area contributed by atoms with Crippen LogP contribution in [0.25, 0.3) is 0 Å². The van der Waals surface area contributed by atoms with Crippen LogP contribution in [0, 0.1) is 13.8 Å². The average Bonchev–Trinajstić information content (AvgIpc) is 3.10. The first-order chi connectivity index (χ1) is 11.0. The zero-order chi connectivity index (χ0) is 16.8. The van der Waals surface area contributed by atoms with Crippen molar-refractivity contribution in [1.29, 1.82) is 0 Å². The van der Waals surface area contributed by atoms with E-state index in [2.05, 4.69) is 30.8 Å². The van der Waals surface area contributed by atoms with E-state index in [1.165, 1.54) is 0 Å². The van der Waals surface area contributed by atoms with Gasteiger partial charge in [0.05, 0.1) is 12.2 Å². The number of guanidine groups is 1. The van der Waals surface area contributed by atoms with Crippen LogP contribution in [0.2, 0.25) is 0 Å². The number of aryl methyl sites for hydroxylation is 2. The molecule has 0 aromatic carbocycles. The Kier molecular flexibility index (Phi) is 8.16. The van der Waals surface area contributed by atoms with Crippen LogP contribution in [-0.2, 0) is 13.0 Å². The van der Waals surface area contributed by atoms with Crippen molar-refractivity contribution in [3.05, 3.63) is 29.1 Å². The van der Waals surface area contributed by atoms with Gasteiger partial charge in [0, 0.05) is 25.9 Å². The van der Waals surface area contributed by atoms with Gasteiger partial charge in [0.1, 0.15) is 5.76 Å². The molecule has 134 valence electrons. The second-order valence-electron chi connectivity index (χ2n) is 5.55. The van der Waals surface area contributed by atoms with Gasteiger partial charge in [-0.1, -0.05) is 19.0 Å². The van der Waals surface area contributed by atoms with Crippen molar-refractivity contribution in [3.63, 3.8) is 0 Å². The monoisotopic (exact) mass is 448 g/mol. The van der Waals surface area contributed by atoms with Crippen LogP contribution in [0.15, 0.2) is 13.9 Å². The minimum atomic E-state index is 0. The number of nitrogens with one attached hydrogen (secondary N) is 2. The third-order valence-corrected chi connectivity index (χ3v) is 3.33. The van der Waals surface area contributed by atoms with Crippen molar-refractivity contribution in [2.45, 2.75) is 46.6 Å². The highest BCUT2D eigenvalue weighted by atomic mass is 127. The van der Waals surface area contributed by atoms with E-state index in [1.807, 2.05) is 27.7 Å². The summed E-state index contributed by atoms with van der Waals surface area (Å²) in [4.78, 5) is 12.8. The van der Waals surface area contributed by atoms with Gasteiger partial charge in [-0.05, 0) is 13.8 Å². The van der Waals surface area contributed by atoms with Crippen LogP contribution >= 0.6 is 24.0 Å². The standard InChI is InChI=1S/C15H24N6O2.HI/c1-9(2)14-20-12(23-21-14)6-7-17-15(16-5)18-8-13-19-10(3)11(4)22-13;/h9H,6-8H2,1-5H3,(H2,16,17,18);1H. The number of rotatable bonds is 6. The minimum Gasteiger partial charge on any atom is -0.444 e. The van der Waals surface area contributed by atoms with Crippen LogP contribution in [0.4, 0.5) is 0 Å². The molecule has 24 heavy (non-hydrogen) atoms. The van der Waals surface area contributed by atoms with Crippen LogP contribution in [0.5, 0.6) is 0 Å². The molecule has 2 aromatic rings. The Bertz CT molecular complexity index is 645. The van der Waals surface area contributed by atoms with Crippen molar-refractivity contribution in [1.82, 2.24) is 25.8 Å². The fraction of sp³-hybridized carbons (Fsp3) is 0.600. The highest BCUT2D eigenvalue weighted by Gasteiger charge is 2.10. The number of hydrogen-bond acceptors (Lipinski definition) is 6. The Morgan fingerprint density at radius 2 is 1.92 bits per heavy atom. The molecule has 0 aliphatic carbocycles. The van der Waals surface area contributed by atoms with E-state index >= 15 is 0 Å². The molecule has 0 amide bonds. The Morgan fingerprint density at radius 1 is 1.17 bits per heavy atom. The van der Waals surface area contributed by atoms with Crippen LogP contribution in [0.1, 0.15) is 48.8 Å². The minimum absolute atomic E-state index is 0. The molecule has 2 rings (SSSR count). The summed E-state index contributed by atoms with van der Waals surface area (Å²) in [5, 5.41) is 10.3. The van der Waals surface area contributed by atoms with E-state index in [-0.39, 0.29) is 29.9 Å². The molecule has 0 saturated heterocycles. The molecule has 0 fully saturated rings. The summed E-state index contributed by atoms with van der Waals surface area (Å²) < 4.78 is 10.7. The molecular formula is C15H25IN6O2. The molecule has 0 atom stereocenters. The van der Waals surface area contributed by atoms with E-state index in [0.717, 1.165) is 17.3 Å². The molecule has 8 nitrogen and oxygen atoms in total. The van der Waals surface area contributed by atoms with E-state index in [0.29, 0.717) is 37.3 Å². The molecule has 0 spiro atoms. The lowest BCUT2D eigenvalue weighted by Crippen LogP contribution is -2.38. The highest BCUT2D eigenvalue weighted by Crippen LogP contribution is 2.09. The second kappa shape index (κ2) is 9.60. The summed E-state index contributed by atoms with van der Waals surface area (Å²) in [6, 6.07) is 0. The van der Waals surface area contributed by atoms with Gasteiger partial charge >= 0.3 is 0 Å². The van der Waals surface area contributed by atoms with E-state index in [4.69, 9.17) is 8.94 Å². The van der Waals surface area contributed by atoms with Gasteiger partial charge in [-0.15, -0.1) is 24.0 Å². The van der Waals surface area contributed by atoms with Crippen molar-refractivity contribution in [2.24, 2.45) is 4.99 Å². The highest BCUT2D eigenvalue weighted by molar-refractivity contribution is 14.0.